The maximum absolute atomic E-state index is 4.20. The highest BCUT2D eigenvalue weighted by Gasteiger charge is 1.96. The number of aromatic nitrogens is 2. The van der Waals surface area contributed by atoms with Crippen molar-refractivity contribution in [3.63, 3.8) is 0 Å². The van der Waals surface area contributed by atoms with Crippen LogP contribution in [-0.2, 0) is 12.8 Å². The van der Waals surface area contributed by atoms with Crippen molar-refractivity contribution >= 4 is 5.69 Å². The van der Waals surface area contributed by atoms with E-state index in [2.05, 4.69) is 46.5 Å². The lowest BCUT2D eigenvalue weighted by Gasteiger charge is -2.07. The van der Waals surface area contributed by atoms with Gasteiger partial charge in [0.25, 0.3) is 0 Å². The summed E-state index contributed by atoms with van der Waals surface area (Å²) in [7, 11) is 0. The monoisotopic (exact) mass is 229 g/mol. The minimum absolute atomic E-state index is 0.986. The third-order valence-electron chi connectivity index (χ3n) is 2.83. The molecular weight excluding hydrogens is 210 g/mol. The molecule has 90 valence electrons. The summed E-state index contributed by atoms with van der Waals surface area (Å²) in [4.78, 5) is 7.18. The highest BCUT2D eigenvalue weighted by Crippen LogP contribution is 2.11. The Balaban J connectivity index is 1.74. The molecule has 3 heteroatoms. The molecule has 0 spiro atoms. The smallest absolute Gasteiger partial charge is 0.0923 e. The SMILES string of the molecule is CCc1cccc(NCCCc2c[nH]cn2)c1. The van der Waals surface area contributed by atoms with E-state index in [-0.39, 0.29) is 0 Å². The van der Waals surface area contributed by atoms with Gasteiger partial charge in [-0.1, -0.05) is 19.1 Å². The molecule has 0 fully saturated rings. The topological polar surface area (TPSA) is 40.7 Å². The number of aromatic amines is 1. The summed E-state index contributed by atoms with van der Waals surface area (Å²) in [6.45, 7) is 3.16. The van der Waals surface area contributed by atoms with Crippen molar-refractivity contribution in [1.82, 2.24) is 9.97 Å². The van der Waals surface area contributed by atoms with Gasteiger partial charge in [-0.05, 0) is 37.0 Å². The molecule has 0 saturated carbocycles. The fourth-order valence-corrected chi connectivity index (χ4v) is 1.83. The molecule has 1 heterocycles. The van der Waals surface area contributed by atoms with Crippen LogP contribution in [-0.4, -0.2) is 16.5 Å². The van der Waals surface area contributed by atoms with Crippen molar-refractivity contribution in [2.45, 2.75) is 26.2 Å². The van der Waals surface area contributed by atoms with Gasteiger partial charge in [0.1, 0.15) is 0 Å². The Bertz CT molecular complexity index is 434. The van der Waals surface area contributed by atoms with Crippen LogP contribution >= 0.6 is 0 Å². The van der Waals surface area contributed by atoms with Crippen LogP contribution in [0.4, 0.5) is 5.69 Å². The lowest BCUT2D eigenvalue weighted by atomic mass is 10.1. The van der Waals surface area contributed by atoms with Gasteiger partial charge >= 0.3 is 0 Å². The summed E-state index contributed by atoms with van der Waals surface area (Å²) in [5, 5.41) is 3.44. The Kier molecular flexibility index (Phi) is 4.19. The Morgan fingerprint density at radius 3 is 3.06 bits per heavy atom. The van der Waals surface area contributed by atoms with E-state index < -0.39 is 0 Å². The second-order valence-electron chi connectivity index (χ2n) is 4.14. The molecule has 0 aliphatic heterocycles. The fraction of sp³-hybridized carbons (Fsp3) is 0.357. The van der Waals surface area contributed by atoms with Crippen LogP contribution in [0.15, 0.2) is 36.8 Å². The quantitative estimate of drug-likeness (QED) is 0.747. The summed E-state index contributed by atoms with van der Waals surface area (Å²) >= 11 is 0. The standard InChI is InChI=1S/C14H19N3/c1-2-12-5-3-6-13(9-12)16-8-4-7-14-10-15-11-17-14/h3,5-6,9-11,16H,2,4,7-8H2,1H3,(H,15,17). The van der Waals surface area contributed by atoms with Crippen molar-refractivity contribution < 1.29 is 0 Å². The molecule has 0 unspecified atom stereocenters. The van der Waals surface area contributed by atoms with Gasteiger partial charge in [0, 0.05) is 18.4 Å². The van der Waals surface area contributed by atoms with Crippen LogP contribution in [0.3, 0.4) is 0 Å². The van der Waals surface area contributed by atoms with E-state index in [1.807, 2.05) is 6.20 Å². The van der Waals surface area contributed by atoms with E-state index in [0.717, 1.165) is 31.5 Å². The highest BCUT2D eigenvalue weighted by atomic mass is 14.9. The summed E-state index contributed by atoms with van der Waals surface area (Å²) < 4.78 is 0. The minimum atomic E-state index is 0.986. The Morgan fingerprint density at radius 1 is 1.35 bits per heavy atom. The zero-order chi connectivity index (χ0) is 11.9. The first kappa shape index (κ1) is 11.7. The molecule has 2 aromatic rings. The van der Waals surface area contributed by atoms with E-state index in [9.17, 15) is 0 Å². The molecule has 0 amide bonds. The molecule has 2 N–H and O–H groups in total. The third kappa shape index (κ3) is 3.63. The number of hydrogen-bond acceptors (Lipinski definition) is 2. The van der Waals surface area contributed by atoms with Crippen molar-refractivity contribution in [3.8, 4) is 0 Å². The van der Waals surface area contributed by atoms with Crippen molar-refractivity contribution in [1.29, 1.82) is 0 Å². The Hall–Kier alpha value is -1.77. The fourth-order valence-electron chi connectivity index (χ4n) is 1.83. The molecule has 0 saturated heterocycles. The second-order valence-corrected chi connectivity index (χ2v) is 4.14. The van der Waals surface area contributed by atoms with Gasteiger partial charge < -0.3 is 10.3 Å². The Labute approximate surface area is 102 Å². The number of imidazole rings is 1. The van der Waals surface area contributed by atoms with Crippen LogP contribution < -0.4 is 5.32 Å². The number of aryl methyl sites for hydroxylation is 2. The number of anilines is 1. The average molecular weight is 229 g/mol. The van der Waals surface area contributed by atoms with Gasteiger partial charge in [0.2, 0.25) is 0 Å². The summed E-state index contributed by atoms with van der Waals surface area (Å²) in [5.41, 5.74) is 3.72. The number of nitrogens with one attached hydrogen (secondary N) is 2. The maximum atomic E-state index is 4.20. The molecule has 17 heavy (non-hydrogen) atoms. The molecule has 1 aromatic carbocycles. The Morgan fingerprint density at radius 2 is 2.29 bits per heavy atom. The van der Waals surface area contributed by atoms with Crippen LogP contribution in [0.25, 0.3) is 0 Å². The summed E-state index contributed by atoms with van der Waals surface area (Å²) in [6.07, 6.45) is 6.89. The van der Waals surface area contributed by atoms with Gasteiger partial charge in [0.05, 0.1) is 12.0 Å². The van der Waals surface area contributed by atoms with Crippen LogP contribution in [0.5, 0.6) is 0 Å². The predicted octanol–water partition coefficient (Wildman–Crippen LogP) is 3.02. The summed E-state index contributed by atoms with van der Waals surface area (Å²) in [6, 6.07) is 8.60. The van der Waals surface area contributed by atoms with Crippen LogP contribution in [0.2, 0.25) is 0 Å². The molecule has 0 aliphatic rings. The maximum Gasteiger partial charge on any atom is 0.0923 e. The first-order valence-corrected chi connectivity index (χ1v) is 6.19. The number of hydrogen-bond donors (Lipinski definition) is 2. The van der Waals surface area contributed by atoms with E-state index in [0.29, 0.717) is 0 Å². The number of nitrogens with zero attached hydrogens (tertiary/aromatic N) is 1. The number of rotatable bonds is 6. The van der Waals surface area contributed by atoms with Crippen LogP contribution in [0.1, 0.15) is 24.6 Å². The first-order valence-electron chi connectivity index (χ1n) is 6.19. The van der Waals surface area contributed by atoms with E-state index in [1.54, 1.807) is 6.33 Å². The van der Waals surface area contributed by atoms with Crippen molar-refractivity contribution in [2.24, 2.45) is 0 Å². The van der Waals surface area contributed by atoms with Crippen molar-refractivity contribution in [3.05, 3.63) is 48.0 Å². The molecule has 0 bridgehead atoms. The van der Waals surface area contributed by atoms with Gasteiger partial charge in [-0.3, -0.25) is 0 Å². The normalized spacial score (nSPS) is 10.4. The van der Waals surface area contributed by atoms with Gasteiger partial charge in [-0.2, -0.15) is 0 Å². The second kappa shape index (κ2) is 6.09. The predicted molar refractivity (Wildman–Crippen MR) is 71.2 cm³/mol. The molecule has 3 nitrogen and oxygen atoms in total. The molecule has 1 aromatic heterocycles. The van der Waals surface area contributed by atoms with E-state index >= 15 is 0 Å². The van der Waals surface area contributed by atoms with Gasteiger partial charge in [0.15, 0.2) is 0 Å². The lowest BCUT2D eigenvalue weighted by Crippen LogP contribution is -2.03. The van der Waals surface area contributed by atoms with Gasteiger partial charge in [-0.25, -0.2) is 4.98 Å². The molecular formula is C14H19N3. The third-order valence-corrected chi connectivity index (χ3v) is 2.83. The summed E-state index contributed by atoms with van der Waals surface area (Å²) in [5.74, 6) is 0. The molecule has 0 radical (unpaired) electrons. The van der Waals surface area contributed by atoms with Crippen molar-refractivity contribution in [2.75, 3.05) is 11.9 Å². The average Bonchev–Trinajstić information content (AvgIpc) is 2.88. The number of H-pyrrole nitrogens is 1. The van der Waals surface area contributed by atoms with E-state index in [4.69, 9.17) is 0 Å². The zero-order valence-corrected chi connectivity index (χ0v) is 10.2. The molecule has 0 atom stereocenters. The van der Waals surface area contributed by atoms with E-state index in [1.165, 1.54) is 11.3 Å². The van der Waals surface area contributed by atoms with Gasteiger partial charge in [-0.15, -0.1) is 0 Å². The molecule has 2 rings (SSSR count). The number of benzene rings is 1. The zero-order valence-electron chi connectivity index (χ0n) is 10.2. The minimum Gasteiger partial charge on any atom is -0.385 e. The molecule has 0 aliphatic carbocycles. The first-order chi connectivity index (χ1) is 8.38. The highest BCUT2D eigenvalue weighted by molar-refractivity contribution is 5.45. The largest absolute Gasteiger partial charge is 0.385 e. The lowest BCUT2D eigenvalue weighted by molar-refractivity contribution is 0.842. The van der Waals surface area contributed by atoms with Crippen LogP contribution in [0, 0.1) is 0 Å².